The minimum absolute atomic E-state index is 0.116. The van der Waals surface area contributed by atoms with Gasteiger partial charge in [0.1, 0.15) is 18.5 Å². The summed E-state index contributed by atoms with van der Waals surface area (Å²) in [7, 11) is 0. The quantitative estimate of drug-likeness (QED) is 0.732. The van der Waals surface area contributed by atoms with Gasteiger partial charge in [-0.1, -0.05) is 13.3 Å². The lowest BCUT2D eigenvalue weighted by molar-refractivity contribution is -0.122. The minimum atomic E-state index is -1.28. The van der Waals surface area contributed by atoms with Crippen LogP contribution >= 0.6 is 0 Å². The molecule has 0 saturated carbocycles. The first-order chi connectivity index (χ1) is 7.56. The maximum atomic E-state index is 13.2. The van der Waals surface area contributed by atoms with Gasteiger partial charge in [0.2, 0.25) is 0 Å². The lowest BCUT2D eigenvalue weighted by Gasteiger charge is -2.09. The van der Waals surface area contributed by atoms with E-state index in [0.29, 0.717) is 12.5 Å². The number of hydrogen-bond donors (Lipinski definition) is 1. The fourth-order valence-corrected chi connectivity index (χ4v) is 1.30. The van der Waals surface area contributed by atoms with Gasteiger partial charge < -0.3 is 9.84 Å². The maximum absolute atomic E-state index is 13.2. The van der Waals surface area contributed by atoms with Crippen LogP contribution in [0.15, 0.2) is 11.9 Å². The summed E-state index contributed by atoms with van der Waals surface area (Å²) in [4.78, 5) is 23.1. The van der Waals surface area contributed by atoms with Gasteiger partial charge in [0.15, 0.2) is 0 Å². The third-order valence-corrected chi connectivity index (χ3v) is 2.17. The van der Waals surface area contributed by atoms with E-state index in [0.717, 1.165) is 4.90 Å². The number of halogens is 1. The Morgan fingerprint density at radius 1 is 1.75 bits per heavy atom. The van der Waals surface area contributed by atoms with Crippen molar-refractivity contribution >= 4 is 12.0 Å². The Labute approximate surface area is 92.5 Å². The van der Waals surface area contributed by atoms with Gasteiger partial charge in [0.25, 0.3) is 5.91 Å². The molecule has 1 N–H and O–H groups in total. The van der Waals surface area contributed by atoms with E-state index >= 15 is 0 Å². The SMILES string of the molecule is CCC[C@H](O)/C(F)=C\C(=O)N1CCOC1=O. The molecule has 0 aromatic heterocycles. The summed E-state index contributed by atoms with van der Waals surface area (Å²) >= 11 is 0. The predicted octanol–water partition coefficient (Wildman–Crippen LogP) is 0.980. The zero-order valence-corrected chi connectivity index (χ0v) is 8.98. The Morgan fingerprint density at radius 2 is 2.44 bits per heavy atom. The molecule has 1 fully saturated rings. The number of imide groups is 1. The second-order valence-electron chi connectivity index (χ2n) is 3.44. The van der Waals surface area contributed by atoms with E-state index in [9.17, 15) is 19.1 Å². The Balaban J connectivity index is 2.61. The van der Waals surface area contributed by atoms with Crippen molar-refractivity contribution in [2.75, 3.05) is 13.2 Å². The Hall–Kier alpha value is -1.43. The van der Waals surface area contributed by atoms with Crippen molar-refractivity contribution in [2.24, 2.45) is 0 Å². The summed E-state index contributed by atoms with van der Waals surface area (Å²) in [6.07, 6.45) is -0.596. The van der Waals surface area contributed by atoms with E-state index in [2.05, 4.69) is 4.74 Å². The predicted molar refractivity (Wildman–Crippen MR) is 53.2 cm³/mol. The molecule has 0 aromatic carbocycles. The van der Waals surface area contributed by atoms with Crippen molar-refractivity contribution < 1.29 is 23.8 Å². The Morgan fingerprint density at radius 3 is 2.94 bits per heavy atom. The molecule has 0 bridgehead atoms. The largest absolute Gasteiger partial charge is 0.447 e. The van der Waals surface area contributed by atoms with Gasteiger partial charge in [-0.15, -0.1) is 0 Å². The van der Waals surface area contributed by atoms with Gasteiger partial charge in [-0.2, -0.15) is 0 Å². The molecule has 2 amide bonds. The number of aliphatic hydroxyl groups is 1. The monoisotopic (exact) mass is 231 g/mol. The van der Waals surface area contributed by atoms with E-state index in [1.165, 1.54) is 0 Å². The highest BCUT2D eigenvalue weighted by molar-refractivity contribution is 5.99. The molecular formula is C10H14FNO4. The summed E-state index contributed by atoms with van der Waals surface area (Å²) in [6, 6.07) is 0. The van der Waals surface area contributed by atoms with Gasteiger partial charge in [-0.3, -0.25) is 4.79 Å². The van der Waals surface area contributed by atoms with Crippen LogP contribution in [-0.2, 0) is 9.53 Å². The molecule has 0 radical (unpaired) electrons. The molecule has 1 atom stereocenters. The summed E-state index contributed by atoms with van der Waals surface area (Å²) in [5, 5.41) is 9.25. The summed E-state index contributed by atoms with van der Waals surface area (Å²) in [6.45, 7) is 2.03. The molecule has 1 rings (SSSR count). The fraction of sp³-hybridized carbons (Fsp3) is 0.600. The molecule has 1 aliphatic heterocycles. The van der Waals surface area contributed by atoms with Crippen LogP contribution in [-0.4, -0.2) is 41.3 Å². The third kappa shape index (κ3) is 3.03. The van der Waals surface area contributed by atoms with Crippen LogP contribution in [0.4, 0.5) is 9.18 Å². The first kappa shape index (κ1) is 12.6. The summed E-state index contributed by atoms with van der Waals surface area (Å²) in [5.41, 5.74) is 0. The highest BCUT2D eigenvalue weighted by Crippen LogP contribution is 2.12. The van der Waals surface area contributed by atoms with Crippen LogP contribution in [0, 0.1) is 0 Å². The van der Waals surface area contributed by atoms with Gasteiger partial charge in [-0.25, -0.2) is 14.1 Å². The summed E-state index contributed by atoms with van der Waals surface area (Å²) in [5.74, 6) is -1.72. The molecule has 90 valence electrons. The van der Waals surface area contributed by atoms with Crippen LogP contribution in [0.3, 0.4) is 0 Å². The normalized spacial score (nSPS) is 18.6. The average Bonchev–Trinajstić information content (AvgIpc) is 2.64. The number of ether oxygens (including phenoxy) is 1. The highest BCUT2D eigenvalue weighted by atomic mass is 19.1. The number of carbonyl (C=O) groups excluding carboxylic acids is 2. The van der Waals surface area contributed by atoms with E-state index in [1.54, 1.807) is 6.92 Å². The van der Waals surface area contributed by atoms with Crippen LogP contribution in [0.2, 0.25) is 0 Å². The van der Waals surface area contributed by atoms with E-state index < -0.39 is 23.9 Å². The van der Waals surface area contributed by atoms with E-state index in [1.807, 2.05) is 0 Å². The number of rotatable bonds is 4. The number of carbonyl (C=O) groups is 2. The molecule has 16 heavy (non-hydrogen) atoms. The van der Waals surface area contributed by atoms with Crippen LogP contribution in [0.1, 0.15) is 19.8 Å². The Kier molecular flexibility index (Phi) is 4.42. The number of nitrogens with zero attached hydrogens (tertiary/aromatic N) is 1. The maximum Gasteiger partial charge on any atom is 0.416 e. The number of hydrogen-bond acceptors (Lipinski definition) is 4. The average molecular weight is 231 g/mol. The van der Waals surface area contributed by atoms with Crippen molar-refractivity contribution in [3.8, 4) is 0 Å². The number of amides is 2. The summed E-state index contributed by atoms with van der Waals surface area (Å²) < 4.78 is 17.8. The molecule has 0 spiro atoms. The third-order valence-electron chi connectivity index (χ3n) is 2.17. The first-order valence-electron chi connectivity index (χ1n) is 5.09. The zero-order chi connectivity index (χ0) is 12.1. The molecule has 0 aliphatic carbocycles. The van der Waals surface area contributed by atoms with Crippen molar-refractivity contribution in [1.29, 1.82) is 0 Å². The van der Waals surface area contributed by atoms with Gasteiger partial charge in [0.05, 0.1) is 6.54 Å². The fourth-order valence-electron chi connectivity index (χ4n) is 1.30. The Bertz CT molecular complexity index is 316. The van der Waals surface area contributed by atoms with E-state index in [4.69, 9.17) is 0 Å². The van der Waals surface area contributed by atoms with E-state index in [-0.39, 0.29) is 19.6 Å². The molecule has 1 aliphatic rings. The molecule has 1 saturated heterocycles. The van der Waals surface area contributed by atoms with Gasteiger partial charge in [-0.05, 0) is 6.42 Å². The van der Waals surface area contributed by atoms with Gasteiger partial charge in [0, 0.05) is 6.08 Å². The molecule has 5 nitrogen and oxygen atoms in total. The second kappa shape index (κ2) is 5.60. The number of cyclic esters (lactones) is 1. The van der Waals surface area contributed by atoms with Crippen molar-refractivity contribution in [2.45, 2.75) is 25.9 Å². The lowest BCUT2D eigenvalue weighted by Crippen LogP contribution is -2.30. The zero-order valence-electron chi connectivity index (χ0n) is 8.98. The highest BCUT2D eigenvalue weighted by Gasteiger charge is 2.27. The smallest absolute Gasteiger partial charge is 0.416 e. The topological polar surface area (TPSA) is 66.8 Å². The molecule has 6 heteroatoms. The van der Waals surface area contributed by atoms with Crippen LogP contribution in [0.25, 0.3) is 0 Å². The molecular weight excluding hydrogens is 217 g/mol. The van der Waals surface area contributed by atoms with Crippen molar-refractivity contribution in [1.82, 2.24) is 4.90 Å². The van der Waals surface area contributed by atoms with Crippen LogP contribution in [0.5, 0.6) is 0 Å². The van der Waals surface area contributed by atoms with Crippen LogP contribution < -0.4 is 0 Å². The van der Waals surface area contributed by atoms with Crippen molar-refractivity contribution in [3.63, 3.8) is 0 Å². The lowest BCUT2D eigenvalue weighted by atomic mass is 10.2. The second-order valence-corrected chi connectivity index (χ2v) is 3.44. The first-order valence-corrected chi connectivity index (χ1v) is 5.09. The standard InChI is InChI=1S/C10H14FNO4/c1-2-3-8(13)7(11)6-9(14)12-4-5-16-10(12)15/h6,8,13H,2-5H2,1H3/b7-6+/t8-/m0/s1. The minimum Gasteiger partial charge on any atom is -0.447 e. The number of aliphatic hydroxyl groups excluding tert-OH is 1. The molecule has 0 unspecified atom stereocenters. The van der Waals surface area contributed by atoms with Crippen molar-refractivity contribution in [3.05, 3.63) is 11.9 Å². The molecule has 1 heterocycles. The molecule has 0 aromatic rings. The van der Waals surface area contributed by atoms with Gasteiger partial charge >= 0.3 is 6.09 Å².